The van der Waals surface area contributed by atoms with Crippen LogP contribution in [0, 0.1) is 0 Å². The van der Waals surface area contributed by atoms with Crippen LogP contribution < -0.4 is 0 Å². The van der Waals surface area contributed by atoms with Crippen LogP contribution in [0.4, 0.5) is 0 Å². The molecule has 60 valence electrons. The van der Waals surface area contributed by atoms with Gasteiger partial charge in [0.15, 0.2) is 0 Å². The van der Waals surface area contributed by atoms with Crippen LogP contribution in [0.25, 0.3) is 0 Å². The molecular weight excluding hydrogens is 268 g/mol. The van der Waals surface area contributed by atoms with Gasteiger partial charge < -0.3 is 0 Å². The van der Waals surface area contributed by atoms with Gasteiger partial charge in [0.2, 0.25) is 0 Å². The summed E-state index contributed by atoms with van der Waals surface area (Å²) >= 11 is 7.01. The highest BCUT2D eigenvalue weighted by Gasteiger charge is 2.04. The van der Waals surface area contributed by atoms with Crippen molar-refractivity contribution in [3.05, 3.63) is 35.4 Å². The van der Waals surface area contributed by atoms with E-state index in [9.17, 15) is 0 Å². The molecule has 1 rings (SSSR count). The Morgan fingerprint density at radius 1 is 1.36 bits per heavy atom. The van der Waals surface area contributed by atoms with Crippen LogP contribution in [-0.2, 0) is 5.33 Å². The van der Waals surface area contributed by atoms with E-state index in [1.165, 1.54) is 11.1 Å². The van der Waals surface area contributed by atoms with Crippen LogP contribution in [0.2, 0.25) is 0 Å². The summed E-state index contributed by atoms with van der Waals surface area (Å²) < 4.78 is 0. The second kappa shape index (κ2) is 4.27. The molecule has 0 radical (unpaired) electrons. The molecule has 2 heteroatoms. The molecule has 0 nitrogen and oxygen atoms in total. The molecule has 0 amide bonds. The molecule has 0 aliphatic carbocycles. The largest absolute Gasteiger partial charge is 0.0876 e. The van der Waals surface area contributed by atoms with E-state index >= 15 is 0 Å². The Kier molecular flexibility index (Phi) is 3.60. The summed E-state index contributed by atoms with van der Waals surface area (Å²) in [5.74, 6) is 0. The van der Waals surface area contributed by atoms with Gasteiger partial charge in [-0.15, -0.1) is 0 Å². The monoisotopic (exact) mass is 276 g/mol. The maximum Gasteiger partial charge on any atom is 0.0370 e. The van der Waals surface area contributed by atoms with Crippen LogP contribution in [0.1, 0.15) is 22.9 Å². The van der Waals surface area contributed by atoms with Crippen molar-refractivity contribution in [2.75, 3.05) is 0 Å². The Balaban J connectivity index is 3.02. The molecule has 0 N–H and O–H groups in total. The number of hydrogen-bond donors (Lipinski definition) is 0. The first kappa shape index (κ1) is 9.27. The van der Waals surface area contributed by atoms with Gasteiger partial charge in [0, 0.05) is 10.2 Å². The first-order chi connectivity index (χ1) is 5.25. The van der Waals surface area contributed by atoms with Gasteiger partial charge in [-0.3, -0.25) is 0 Å². The molecule has 0 spiro atoms. The zero-order valence-electron chi connectivity index (χ0n) is 6.35. The number of benzene rings is 1. The van der Waals surface area contributed by atoms with Crippen molar-refractivity contribution in [3.8, 4) is 0 Å². The standard InChI is InChI=1S/C9H10Br2/c1-7(11)9-5-3-2-4-8(9)6-10/h2-5,7H,6H2,1H3/t7-/m0/s1. The van der Waals surface area contributed by atoms with Crippen molar-refractivity contribution in [2.24, 2.45) is 0 Å². The van der Waals surface area contributed by atoms with Crippen LogP contribution in [0.15, 0.2) is 24.3 Å². The van der Waals surface area contributed by atoms with Gasteiger partial charge in [-0.1, -0.05) is 56.1 Å². The summed E-state index contributed by atoms with van der Waals surface area (Å²) in [6.45, 7) is 2.14. The van der Waals surface area contributed by atoms with E-state index in [1.807, 2.05) is 0 Å². The third-order valence-electron chi connectivity index (χ3n) is 1.63. The zero-order valence-corrected chi connectivity index (χ0v) is 9.52. The van der Waals surface area contributed by atoms with E-state index in [0.717, 1.165) is 5.33 Å². The Bertz CT molecular complexity index is 231. The lowest BCUT2D eigenvalue weighted by molar-refractivity contribution is 1.09. The van der Waals surface area contributed by atoms with E-state index in [1.54, 1.807) is 0 Å². The highest BCUT2D eigenvalue weighted by atomic mass is 79.9. The van der Waals surface area contributed by atoms with Gasteiger partial charge in [-0.05, 0) is 18.1 Å². The Labute approximate surface area is 84.3 Å². The average Bonchev–Trinajstić information content (AvgIpc) is 2.04. The van der Waals surface area contributed by atoms with E-state index in [0.29, 0.717) is 4.83 Å². The summed E-state index contributed by atoms with van der Waals surface area (Å²) in [4.78, 5) is 0.441. The topological polar surface area (TPSA) is 0 Å². The highest BCUT2D eigenvalue weighted by Crippen LogP contribution is 2.26. The van der Waals surface area contributed by atoms with Gasteiger partial charge in [-0.2, -0.15) is 0 Å². The first-order valence-electron chi connectivity index (χ1n) is 3.53. The second-order valence-electron chi connectivity index (χ2n) is 2.45. The molecule has 0 aliphatic rings. The van der Waals surface area contributed by atoms with Gasteiger partial charge >= 0.3 is 0 Å². The van der Waals surface area contributed by atoms with E-state index in [2.05, 4.69) is 63.0 Å². The molecule has 0 aliphatic heterocycles. The lowest BCUT2D eigenvalue weighted by Gasteiger charge is -2.07. The van der Waals surface area contributed by atoms with Gasteiger partial charge in [0.05, 0.1) is 0 Å². The molecule has 1 aromatic rings. The van der Waals surface area contributed by atoms with Crippen molar-refractivity contribution in [3.63, 3.8) is 0 Å². The third-order valence-corrected chi connectivity index (χ3v) is 2.72. The molecule has 1 atom stereocenters. The maximum absolute atomic E-state index is 3.55. The molecule has 0 saturated carbocycles. The van der Waals surface area contributed by atoms with Gasteiger partial charge in [0.1, 0.15) is 0 Å². The van der Waals surface area contributed by atoms with Crippen molar-refractivity contribution < 1.29 is 0 Å². The molecule has 1 aromatic carbocycles. The molecular formula is C9H10Br2. The quantitative estimate of drug-likeness (QED) is 0.716. The lowest BCUT2D eigenvalue weighted by Crippen LogP contribution is -1.89. The summed E-state index contributed by atoms with van der Waals surface area (Å²) in [5, 5.41) is 0.930. The van der Waals surface area contributed by atoms with Crippen LogP contribution in [0.3, 0.4) is 0 Å². The molecule has 11 heavy (non-hydrogen) atoms. The average molecular weight is 278 g/mol. The predicted molar refractivity (Wildman–Crippen MR) is 56.4 cm³/mol. The van der Waals surface area contributed by atoms with Crippen molar-refractivity contribution >= 4 is 31.9 Å². The SMILES string of the molecule is C[C@H](Br)c1ccccc1CBr. The molecule has 0 aromatic heterocycles. The number of rotatable bonds is 2. The van der Waals surface area contributed by atoms with Crippen LogP contribution in [-0.4, -0.2) is 0 Å². The lowest BCUT2D eigenvalue weighted by atomic mass is 10.1. The Morgan fingerprint density at radius 3 is 2.45 bits per heavy atom. The smallest absolute Gasteiger partial charge is 0.0370 e. The highest BCUT2D eigenvalue weighted by molar-refractivity contribution is 9.09. The van der Waals surface area contributed by atoms with Gasteiger partial charge in [0.25, 0.3) is 0 Å². The molecule has 0 saturated heterocycles. The third kappa shape index (κ3) is 2.31. The van der Waals surface area contributed by atoms with Crippen LogP contribution in [0.5, 0.6) is 0 Å². The molecule has 0 heterocycles. The van der Waals surface area contributed by atoms with Gasteiger partial charge in [-0.25, -0.2) is 0 Å². The maximum atomic E-state index is 3.55. The van der Waals surface area contributed by atoms with Crippen LogP contribution >= 0.6 is 31.9 Å². The molecule has 0 unspecified atom stereocenters. The number of halogens is 2. The fourth-order valence-electron chi connectivity index (χ4n) is 1.04. The zero-order chi connectivity index (χ0) is 8.27. The normalized spacial score (nSPS) is 13.0. The van der Waals surface area contributed by atoms with Crippen molar-refractivity contribution in [1.29, 1.82) is 0 Å². The number of hydrogen-bond acceptors (Lipinski definition) is 0. The minimum atomic E-state index is 0.441. The fraction of sp³-hybridized carbons (Fsp3) is 0.333. The van der Waals surface area contributed by atoms with Crippen molar-refractivity contribution in [2.45, 2.75) is 17.1 Å². The fourth-order valence-corrected chi connectivity index (χ4v) is 2.00. The minimum Gasteiger partial charge on any atom is -0.0876 e. The molecule has 0 fully saturated rings. The molecule has 0 bridgehead atoms. The first-order valence-corrected chi connectivity index (χ1v) is 5.57. The Morgan fingerprint density at radius 2 is 2.00 bits per heavy atom. The summed E-state index contributed by atoms with van der Waals surface area (Å²) in [5.41, 5.74) is 2.72. The summed E-state index contributed by atoms with van der Waals surface area (Å²) in [6.07, 6.45) is 0. The number of alkyl halides is 2. The summed E-state index contributed by atoms with van der Waals surface area (Å²) in [7, 11) is 0. The second-order valence-corrected chi connectivity index (χ2v) is 4.38. The predicted octanol–water partition coefficient (Wildman–Crippen LogP) is 4.04. The summed E-state index contributed by atoms with van der Waals surface area (Å²) in [6, 6.07) is 8.42. The van der Waals surface area contributed by atoms with E-state index in [4.69, 9.17) is 0 Å². The van der Waals surface area contributed by atoms with Crippen molar-refractivity contribution in [1.82, 2.24) is 0 Å². The Hall–Kier alpha value is 0.180. The van der Waals surface area contributed by atoms with E-state index < -0.39 is 0 Å². The minimum absolute atomic E-state index is 0.441. The van der Waals surface area contributed by atoms with E-state index in [-0.39, 0.29) is 0 Å².